The summed E-state index contributed by atoms with van der Waals surface area (Å²) < 4.78 is 0. The summed E-state index contributed by atoms with van der Waals surface area (Å²) in [6.45, 7) is 9.00. The second kappa shape index (κ2) is 3.98. The lowest BCUT2D eigenvalue weighted by atomic mass is 9.81. The highest BCUT2D eigenvalue weighted by atomic mass is 14.4. The molecule has 0 saturated heterocycles. The van der Waals surface area contributed by atoms with Crippen LogP contribution in [-0.2, 0) is 5.41 Å². The standard InChI is InChI=1S/C17H18.CH4/c1-11-5-7-13-14-8-6-12(2)10-16(14)17(3,4)15(13)9-11;/h5-10H,1-4H3;1H4. The first kappa shape index (κ1) is 12.9. The highest BCUT2D eigenvalue weighted by Crippen LogP contribution is 2.48. The summed E-state index contributed by atoms with van der Waals surface area (Å²) in [5.41, 5.74) is 8.60. The van der Waals surface area contributed by atoms with E-state index in [1.165, 1.54) is 33.4 Å². The minimum atomic E-state index is 0. The first-order chi connectivity index (χ1) is 8.00. The van der Waals surface area contributed by atoms with E-state index < -0.39 is 0 Å². The van der Waals surface area contributed by atoms with Crippen molar-refractivity contribution in [1.29, 1.82) is 0 Å². The molecular weight excluding hydrogens is 216 g/mol. The van der Waals surface area contributed by atoms with Gasteiger partial charge in [-0.1, -0.05) is 68.8 Å². The van der Waals surface area contributed by atoms with Gasteiger partial charge in [0.25, 0.3) is 0 Å². The van der Waals surface area contributed by atoms with Crippen molar-refractivity contribution in [2.24, 2.45) is 0 Å². The molecule has 2 aromatic carbocycles. The Bertz CT molecular complexity index is 550. The third kappa shape index (κ3) is 1.59. The highest BCUT2D eigenvalue weighted by molar-refractivity contribution is 5.81. The minimum absolute atomic E-state index is 0. The SMILES string of the molecule is C.Cc1ccc2c(c1)C(C)(C)c1cc(C)ccc1-2. The van der Waals surface area contributed by atoms with Gasteiger partial charge in [0.2, 0.25) is 0 Å². The zero-order chi connectivity index (χ0) is 12.2. The van der Waals surface area contributed by atoms with Crippen molar-refractivity contribution in [3.8, 4) is 11.1 Å². The molecule has 0 fully saturated rings. The van der Waals surface area contributed by atoms with Crippen molar-refractivity contribution < 1.29 is 0 Å². The van der Waals surface area contributed by atoms with Crippen molar-refractivity contribution in [2.75, 3.05) is 0 Å². The molecule has 0 spiro atoms. The second-order valence-corrected chi connectivity index (χ2v) is 5.72. The van der Waals surface area contributed by atoms with E-state index in [0.29, 0.717) is 0 Å². The van der Waals surface area contributed by atoms with Crippen LogP contribution in [0.4, 0.5) is 0 Å². The van der Waals surface area contributed by atoms with Crippen molar-refractivity contribution in [2.45, 2.75) is 40.5 Å². The Balaban J connectivity index is 0.00000120. The monoisotopic (exact) mass is 238 g/mol. The molecule has 0 heterocycles. The van der Waals surface area contributed by atoms with Crippen LogP contribution in [0.25, 0.3) is 11.1 Å². The summed E-state index contributed by atoms with van der Waals surface area (Å²) in [6.07, 6.45) is 0. The number of hydrogen-bond donors (Lipinski definition) is 0. The van der Waals surface area contributed by atoms with Gasteiger partial charge in [-0.2, -0.15) is 0 Å². The summed E-state index contributed by atoms with van der Waals surface area (Å²) in [5.74, 6) is 0. The molecule has 94 valence electrons. The van der Waals surface area contributed by atoms with Gasteiger partial charge >= 0.3 is 0 Å². The molecule has 0 N–H and O–H groups in total. The first-order valence-corrected chi connectivity index (χ1v) is 6.23. The van der Waals surface area contributed by atoms with E-state index in [1.807, 2.05) is 0 Å². The number of fused-ring (bicyclic) bond motifs is 3. The summed E-state index contributed by atoms with van der Waals surface area (Å²) in [5, 5.41) is 0. The molecule has 0 amide bonds. The Morgan fingerprint density at radius 3 is 1.50 bits per heavy atom. The number of benzene rings is 2. The molecule has 0 aromatic heterocycles. The van der Waals surface area contributed by atoms with Crippen molar-refractivity contribution in [3.05, 3.63) is 58.7 Å². The van der Waals surface area contributed by atoms with Gasteiger partial charge in [-0.05, 0) is 36.1 Å². The van der Waals surface area contributed by atoms with E-state index in [2.05, 4.69) is 64.1 Å². The highest BCUT2D eigenvalue weighted by Gasteiger charge is 2.35. The van der Waals surface area contributed by atoms with E-state index >= 15 is 0 Å². The van der Waals surface area contributed by atoms with Crippen LogP contribution >= 0.6 is 0 Å². The molecular formula is C18H22. The minimum Gasteiger partial charge on any atom is -0.0776 e. The number of hydrogen-bond acceptors (Lipinski definition) is 0. The molecule has 0 aliphatic heterocycles. The van der Waals surface area contributed by atoms with Gasteiger partial charge in [0.05, 0.1) is 0 Å². The van der Waals surface area contributed by atoms with Crippen LogP contribution < -0.4 is 0 Å². The summed E-state index contributed by atoms with van der Waals surface area (Å²) in [4.78, 5) is 0. The van der Waals surface area contributed by atoms with Crippen LogP contribution in [0.5, 0.6) is 0 Å². The maximum atomic E-state index is 2.34. The Kier molecular flexibility index (Phi) is 2.85. The number of rotatable bonds is 0. The largest absolute Gasteiger partial charge is 0.0776 e. The molecule has 3 rings (SSSR count). The Hall–Kier alpha value is -1.56. The van der Waals surface area contributed by atoms with Gasteiger partial charge < -0.3 is 0 Å². The Morgan fingerprint density at radius 2 is 1.11 bits per heavy atom. The zero-order valence-electron chi connectivity index (χ0n) is 11.0. The van der Waals surface area contributed by atoms with E-state index in [0.717, 1.165) is 0 Å². The van der Waals surface area contributed by atoms with Gasteiger partial charge in [0, 0.05) is 5.41 Å². The van der Waals surface area contributed by atoms with Crippen molar-refractivity contribution >= 4 is 0 Å². The molecule has 0 atom stereocenters. The fraction of sp³-hybridized carbons (Fsp3) is 0.333. The van der Waals surface area contributed by atoms with Crippen LogP contribution in [0, 0.1) is 13.8 Å². The molecule has 0 bridgehead atoms. The van der Waals surface area contributed by atoms with E-state index in [1.54, 1.807) is 0 Å². The predicted octanol–water partition coefficient (Wildman–Crippen LogP) is 5.25. The molecule has 0 radical (unpaired) electrons. The fourth-order valence-electron chi connectivity index (χ4n) is 2.97. The summed E-state index contributed by atoms with van der Waals surface area (Å²) in [7, 11) is 0. The van der Waals surface area contributed by atoms with Gasteiger partial charge in [0.15, 0.2) is 0 Å². The molecule has 2 aromatic rings. The third-order valence-corrected chi connectivity index (χ3v) is 3.99. The van der Waals surface area contributed by atoms with E-state index in [9.17, 15) is 0 Å². The van der Waals surface area contributed by atoms with Crippen LogP contribution in [0.15, 0.2) is 36.4 Å². The predicted molar refractivity (Wildman–Crippen MR) is 80.2 cm³/mol. The van der Waals surface area contributed by atoms with Gasteiger partial charge in [-0.15, -0.1) is 0 Å². The normalized spacial score (nSPS) is 14.7. The lowest BCUT2D eigenvalue weighted by Crippen LogP contribution is -2.15. The molecule has 1 aliphatic rings. The molecule has 1 aliphatic carbocycles. The van der Waals surface area contributed by atoms with Crippen molar-refractivity contribution in [1.82, 2.24) is 0 Å². The van der Waals surface area contributed by atoms with E-state index in [4.69, 9.17) is 0 Å². The number of aryl methyl sites for hydroxylation is 2. The fourth-order valence-corrected chi connectivity index (χ4v) is 2.97. The quantitative estimate of drug-likeness (QED) is 0.588. The second-order valence-electron chi connectivity index (χ2n) is 5.72. The third-order valence-electron chi connectivity index (χ3n) is 3.99. The summed E-state index contributed by atoms with van der Waals surface area (Å²) in [6, 6.07) is 13.6. The molecule has 0 saturated carbocycles. The molecule has 18 heavy (non-hydrogen) atoms. The maximum absolute atomic E-state index is 2.34. The van der Waals surface area contributed by atoms with Crippen LogP contribution in [0.3, 0.4) is 0 Å². The first-order valence-electron chi connectivity index (χ1n) is 6.23. The average molecular weight is 238 g/mol. The maximum Gasteiger partial charge on any atom is 0.0159 e. The topological polar surface area (TPSA) is 0 Å². The molecule has 0 nitrogen and oxygen atoms in total. The molecule has 0 heteroatoms. The summed E-state index contributed by atoms with van der Waals surface area (Å²) >= 11 is 0. The average Bonchev–Trinajstić information content (AvgIpc) is 2.49. The van der Waals surface area contributed by atoms with Crippen LogP contribution in [-0.4, -0.2) is 0 Å². The Labute approximate surface area is 111 Å². The lowest BCUT2D eigenvalue weighted by molar-refractivity contribution is 0.659. The van der Waals surface area contributed by atoms with Gasteiger partial charge in [0.1, 0.15) is 0 Å². The van der Waals surface area contributed by atoms with Crippen LogP contribution in [0.1, 0.15) is 43.5 Å². The molecule has 0 unspecified atom stereocenters. The Morgan fingerprint density at radius 1 is 0.722 bits per heavy atom. The van der Waals surface area contributed by atoms with Gasteiger partial charge in [-0.3, -0.25) is 0 Å². The zero-order valence-corrected chi connectivity index (χ0v) is 11.0. The smallest absolute Gasteiger partial charge is 0.0159 e. The van der Waals surface area contributed by atoms with Crippen LogP contribution in [0.2, 0.25) is 0 Å². The van der Waals surface area contributed by atoms with Crippen molar-refractivity contribution in [3.63, 3.8) is 0 Å². The van der Waals surface area contributed by atoms with Gasteiger partial charge in [-0.25, -0.2) is 0 Å². The van der Waals surface area contributed by atoms with E-state index in [-0.39, 0.29) is 12.8 Å². The lowest BCUT2D eigenvalue weighted by Gasteiger charge is -2.22.